The van der Waals surface area contributed by atoms with Crippen LogP contribution in [0.1, 0.15) is 68.5 Å². The highest BCUT2D eigenvalue weighted by Gasteiger charge is 2.55. The monoisotopic (exact) mass is 610 g/mol. The Hall–Kier alpha value is -1.16. The van der Waals surface area contributed by atoms with Gasteiger partial charge in [0.15, 0.2) is 36.7 Å². The van der Waals surface area contributed by atoms with E-state index in [1.54, 1.807) is 6.33 Å². The first kappa shape index (κ1) is 33.3. The summed E-state index contributed by atoms with van der Waals surface area (Å²) in [7, 11) is -6.56. The van der Waals surface area contributed by atoms with E-state index < -0.39 is 37.3 Å². The molecule has 0 amide bonds. The fourth-order valence-electron chi connectivity index (χ4n) is 3.92. The molecule has 228 valence electrons. The van der Waals surface area contributed by atoms with Crippen molar-refractivity contribution in [2.75, 3.05) is 6.61 Å². The molecule has 0 aliphatic carbocycles. The molecule has 0 saturated carbocycles. The van der Waals surface area contributed by atoms with Crippen LogP contribution < -0.4 is 4.73 Å². The van der Waals surface area contributed by atoms with Crippen molar-refractivity contribution in [3.63, 3.8) is 0 Å². The van der Waals surface area contributed by atoms with Crippen LogP contribution in [0.4, 0.5) is 0 Å². The van der Waals surface area contributed by atoms with Crippen LogP contribution in [0.3, 0.4) is 0 Å². The molecular weight excluding hydrogens is 557 g/mol. The lowest BCUT2D eigenvalue weighted by Gasteiger charge is -2.44. The minimum Gasteiger partial charge on any atom is -0.711 e. The van der Waals surface area contributed by atoms with Gasteiger partial charge in [0.25, 0.3) is 12.0 Å². The van der Waals surface area contributed by atoms with Gasteiger partial charge in [-0.1, -0.05) is 62.3 Å². The van der Waals surface area contributed by atoms with Gasteiger partial charge in [-0.2, -0.15) is 0 Å². The Bertz CT molecular complexity index is 1180. The van der Waals surface area contributed by atoms with E-state index in [0.29, 0.717) is 22.5 Å². The number of imidazole rings is 1. The summed E-state index contributed by atoms with van der Waals surface area (Å²) < 4.78 is 30.6. The maximum absolute atomic E-state index is 11.9. The molecule has 0 N–H and O–H groups in total. The first-order valence-corrected chi connectivity index (χ1v) is 23.2. The van der Waals surface area contributed by atoms with Crippen LogP contribution in [0.2, 0.25) is 54.4 Å². The number of nitrogens with zero attached hydrogens (tertiary/aromatic N) is 4. The Morgan fingerprint density at radius 1 is 0.825 bits per heavy atom. The van der Waals surface area contributed by atoms with Gasteiger partial charge in [0.1, 0.15) is 30.8 Å². The molecule has 0 spiro atoms. The fraction of sp³-hybridized carbons (Fsp3) is 0.821. The van der Waals surface area contributed by atoms with Crippen LogP contribution in [-0.4, -0.2) is 64.4 Å². The molecule has 0 unspecified atom stereocenters. The third-order valence-corrected chi connectivity index (χ3v) is 23.2. The second-order valence-corrected chi connectivity index (χ2v) is 30.2. The van der Waals surface area contributed by atoms with Crippen LogP contribution in [0.5, 0.6) is 0 Å². The van der Waals surface area contributed by atoms with Crippen molar-refractivity contribution >= 4 is 36.1 Å². The molecule has 1 saturated heterocycles. The van der Waals surface area contributed by atoms with Crippen LogP contribution in [0.15, 0.2) is 18.9 Å². The van der Waals surface area contributed by atoms with E-state index in [4.69, 9.17) is 18.0 Å². The van der Waals surface area contributed by atoms with E-state index in [0.717, 1.165) is 0 Å². The number of ether oxygens (including phenoxy) is 1. The molecule has 1 aliphatic heterocycles. The number of aromatic nitrogens is 4. The molecule has 1 aliphatic rings. The van der Waals surface area contributed by atoms with Crippen molar-refractivity contribution in [3.05, 3.63) is 24.1 Å². The maximum atomic E-state index is 11.9. The van der Waals surface area contributed by atoms with Crippen molar-refractivity contribution in [3.8, 4) is 0 Å². The zero-order valence-corrected chi connectivity index (χ0v) is 30.6. The summed E-state index contributed by atoms with van der Waals surface area (Å²) in [6.45, 7) is 34.2. The molecule has 0 aromatic carbocycles. The lowest BCUT2D eigenvalue weighted by atomic mass is 10.1. The molecule has 1 fully saturated rings. The average molecular weight is 611 g/mol. The molecule has 2 aromatic rings. The van der Waals surface area contributed by atoms with Crippen molar-refractivity contribution in [1.82, 2.24) is 14.5 Å². The van der Waals surface area contributed by atoms with Crippen molar-refractivity contribution in [1.29, 1.82) is 0 Å². The van der Waals surface area contributed by atoms with E-state index in [2.05, 4.69) is 112 Å². The molecule has 9 nitrogen and oxygen atoms in total. The summed E-state index contributed by atoms with van der Waals surface area (Å²) in [6, 6.07) is 0. The Morgan fingerprint density at radius 2 is 1.32 bits per heavy atom. The van der Waals surface area contributed by atoms with Gasteiger partial charge in [-0.05, 0) is 59.4 Å². The summed E-state index contributed by atoms with van der Waals surface area (Å²) in [5.41, 5.74) is 1.09. The van der Waals surface area contributed by atoms with E-state index in [-0.39, 0.29) is 27.3 Å². The summed E-state index contributed by atoms with van der Waals surface area (Å²) >= 11 is 0. The highest BCUT2D eigenvalue weighted by Crippen LogP contribution is 2.46. The van der Waals surface area contributed by atoms with Crippen LogP contribution >= 0.6 is 0 Å². The molecule has 40 heavy (non-hydrogen) atoms. The van der Waals surface area contributed by atoms with Gasteiger partial charge in [0, 0.05) is 0 Å². The van der Waals surface area contributed by atoms with Crippen molar-refractivity contribution in [2.24, 2.45) is 0 Å². The molecule has 0 bridgehead atoms. The summed E-state index contributed by atoms with van der Waals surface area (Å²) in [6.07, 6.45) is 2.77. The maximum Gasteiger partial charge on any atom is 0.291 e. The van der Waals surface area contributed by atoms with E-state index in [9.17, 15) is 5.21 Å². The van der Waals surface area contributed by atoms with Gasteiger partial charge in [-0.15, -0.1) is 0 Å². The number of rotatable bonds is 8. The van der Waals surface area contributed by atoms with Gasteiger partial charge < -0.3 is 23.2 Å². The Labute approximate surface area is 245 Å². The highest BCUT2D eigenvalue weighted by atomic mass is 28.4. The molecule has 2 aromatic heterocycles. The summed E-state index contributed by atoms with van der Waals surface area (Å²) in [5, 5.41) is 12.0. The Kier molecular flexibility index (Phi) is 9.03. The lowest BCUT2D eigenvalue weighted by Crippen LogP contribution is -2.54. The smallest absolute Gasteiger partial charge is 0.291 e. The first-order chi connectivity index (χ1) is 17.9. The van der Waals surface area contributed by atoms with E-state index >= 15 is 0 Å². The Balaban J connectivity index is 2.14. The molecule has 12 heteroatoms. The molecule has 0 radical (unpaired) electrons. The van der Waals surface area contributed by atoms with Gasteiger partial charge in [0.2, 0.25) is 0 Å². The number of hydrogen-bond acceptors (Lipinski definition) is 7. The van der Waals surface area contributed by atoms with Gasteiger partial charge in [-0.25, -0.2) is 9.71 Å². The van der Waals surface area contributed by atoms with Crippen LogP contribution in [-0.2, 0) is 18.0 Å². The minimum atomic E-state index is -2.27. The minimum absolute atomic E-state index is 0.00244. The fourth-order valence-corrected chi connectivity index (χ4v) is 7.54. The largest absolute Gasteiger partial charge is 0.711 e. The predicted molar refractivity (Wildman–Crippen MR) is 168 cm³/mol. The first-order valence-electron chi connectivity index (χ1n) is 14.4. The summed E-state index contributed by atoms with van der Waals surface area (Å²) in [5.74, 6) is 0. The standard InChI is InChI=1S/C28H54N4O5Si3/c1-26(2,3)38(10,11)34-17-21-22(36-39(12,13)27(4,5)6)23(37-40(14,15)28(7,8)9)25(35-21)32-19-29-20-16-31(33)18-30-24(20)32/h16,18-19,21-23,25H,17H2,1-15H3/t21-,22-,23-,25-/m1/s1. The van der Waals surface area contributed by atoms with Crippen LogP contribution in [0, 0.1) is 5.21 Å². The van der Waals surface area contributed by atoms with E-state index in [1.807, 2.05) is 4.57 Å². The third-order valence-electron chi connectivity index (χ3n) is 9.79. The molecule has 3 rings (SSSR count). The van der Waals surface area contributed by atoms with Gasteiger partial charge >= 0.3 is 0 Å². The second kappa shape index (κ2) is 10.8. The van der Waals surface area contributed by atoms with Crippen LogP contribution in [0.25, 0.3) is 11.2 Å². The van der Waals surface area contributed by atoms with Crippen molar-refractivity contribution < 1.29 is 22.7 Å². The van der Waals surface area contributed by atoms with Gasteiger partial charge in [-0.3, -0.25) is 4.57 Å². The third kappa shape index (κ3) is 6.73. The van der Waals surface area contributed by atoms with Gasteiger partial charge in [0.05, 0.1) is 6.61 Å². The molecular formula is C28H54N4O5Si3. The summed E-state index contributed by atoms with van der Waals surface area (Å²) in [4.78, 5) is 8.90. The lowest BCUT2D eigenvalue weighted by molar-refractivity contribution is -0.607. The molecule has 4 atom stereocenters. The van der Waals surface area contributed by atoms with Crippen molar-refractivity contribution in [2.45, 2.75) is 141 Å². The predicted octanol–water partition coefficient (Wildman–Crippen LogP) is 6.76. The SMILES string of the molecule is CC(C)(C)[Si](C)(C)OC[C@H]1O[C@@H](n2cnc3c[n+]([O-])cnc32)[C@H](O[Si](C)(C)C(C)(C)C)[C@@H]1O[Si](C)(C)C(C)(C)C. The quantitative estimate of drug-likeness (QED) is 0.185. The number of fused-ring (bicyclic) bond motifs is 1. The zero-order valence-electron chi connectivity index (χ0n) is 27.6. The number of hydrogen-bond donors (Lipinski definition) is 0. The average Bonchev–Trinajstić information content (AvgIpc) is 3.30. The topological polar surface area (TPSA) is 94.6 Å². The van der Waals surface area contributed by atoms with E-state index in [1.165, 1.54) is 12.5 Å². The Morgan fingerprint density at radius 3 is 1.82 bits per heavy atom. The zero-order chi connectivity index (χ0) is 30.7. The molecule has 3 heterocycles. The second-order valence-electron chi connectivity index (χ2n) is 15.9. The normalized spacial score (nSPS) is 23.8. The highest BCUT2D eigenvalue weighted by molar-refractivity contribution is 6.75.